The number of aliphatic hydroxyl groups is 1. The zero-order valence-corrected chi connectivity index (χ0v) is 12.5. The molecule has 4 heteroatoms. The van der Waals surface area contributed by atoms with Gasteiger partial charge in [-0.25, -0.2) is 0 Å². The predicted molar refractivity (Wildman–Crippen MR) is 87.4 cm³/mol. The number of aliphatic hydroxyl groups excluding tert-OH is 1. The molecule has 0 amide bonds. The van der Waals surface area contributed by atoms with Crippen LogP contribution in [0, 0.1) is 6.92 Å². The van der Waals surface area contributed by atoms with Gasteiger partial charge < -0.3 is 16.2 Å². The van der Waals surface area contributed by atoms with Crippen LogP contribution in [-0.2, 0) is 0 Å². The summed E-state index contributed by atoms with van der Waals surface area (Å²) in [6.45, 7) is 2.15. The summed E-state index contributed by atoms with van der Waals surface area (Å²) in [6.07, 6.45) is 7.45. The molecule has 4 nitrogen and oxygen atoms in total. The second-order valence-corrected chi connectivity index (χ2v) is 6.20. The van der Waals surface area contributed by atoms with E-state index in [2.05, 4.69) is 16.4 Å². The van der Waals surface area contributed by atoms with E-state index in [9.17, 15) is 5.11 Å². The van der Waals surface area contributed by atoms with Crippen molar-refractivity contribution in [2.75, 3.05) is 17.7 Å². The van der Waals surface area contributed by atoms with Crippen molar-refractivity contribution in [2.45, 2.75) is 44.6 Å². The standard InChI is InChI=1S/C17H23N3O/c1-12-9-13-14(10-19-12)15(18)5-6-16(13)20-17(11-21)7-3-2-4-8-17/h5-6,9-10,20-21H,2-4,7-8,11,18H2,1H3. The highest BCUT2D eigenvalue weighted by molar-refractivity contribution is 6.01. The van der Waals surface area contributed by atoms with Crippen molar-refractivity contribution >= 4 is 22.1 Å². The topological polar surface area (TPSA) is 71.2 Å². The molecule has 4 N–H and O–H groups in total. The number of anilines is 2. The lowest BCUT2D eigenvalue weighted by atomic mass is 9.82. The normalized spacial score (nSPS) is 17.8. The number of pyridine rings is 1. The third-order valence-corrected chi connectivity index (χ3v) is 4.58. The molecule has 1 heterocycles. The average molecular weight is 285 g/mol. The summed E-state index contributed by atoms with van der Waals surface area (Å²) in [5, 5.41) is 15.5. The van der Waals surface area contributed by atoms with E-state index < -0.39 is 0 Å². The zero-order chi connectivity index (χ0) is 14.9. The molecular weight excluding hydrogens is 262 g/mol. The van der Waals surface area contributed by atoms with Crippen LogP contribution in [0.5, 0.6) is 0 Å². The van der Waals surface area contributed by atoms with Crippen LogP contribution in [0.3, 0.4) is 0 Å². The van der Waals surface area contributed by atoms with E-state index in [1.807, 2.05) is 25.3 Å². The molecule has 3 rings (SSSR count). The van der Waals surface area contributed by atoms with Gasteiger partial charge in [0.05, 0.1) is 12.1 Å². The van der Waals surface area contributed by atoms with Gasteiger partial charge in [0.15, 0.2) is 0 Å². The molecule has 1 aromatic carbocycles. The Hall–Kier alpha value is -1.81. The molecule has 112 valence electrons. The minimum Gasteiger partial charge on any atom is -0.398 e. The van der Waals surface area contributed by atoms with Gasteiger partial charge in [-0.3, -0.25) is 4.98 Å². The Morgan fingerprint density at radius 1 is 1.24 bits per heavy atom. The maximum atomic E-state index is 9.88. The number of hydrogen-bond acceptors (Lipinski definition) is 4. The second kappa shape index (κ2) is 5.53. The highest BCUT2D eigenvalue weighted by atomic mass is 16.3. The highest BCUT2D eigenvalue weighted by Crippen LogP contribution is 2.35. The number of hydrogen-bond donors (Lipinski definition) is 3. The maximum Gasteiger partial charge on any atom is 0.0661 e. The van der Waals surface area contributed by atoms with Crippen LogP contribution >= 0.6 is 0 Å². The van der Waals surface area contributed by atoms with Crippen LogP contribution in [0.2, 0.25) is 0 Å². The summed E-state index contributed by atoms with van der Waals surface area (Å²) in [7, 11) is 0. The van der Waals surface area contributed by atoms with Gasteiger partial charge in [0.2, 0.25) is 0 Å². The van der Waals surface area contributed by atoms with Gasteiger partial charge in [0.25, 0.3) is 0 Å². The summed E-state index contributed by atoms with van der Waals surface area (Å²) in [5.74, 6) is 0. The summed E-state index contributed by atoms with van der Waals surface area (Å²) < 4.78 is 0. The van der Waals surface area contributed by atoms with E-state index in [0.29, 0.717) is 0 Å². The molecule has 1 saturated carbocycles. The van der Waals surface area contributed by atoms with E-state index in [-0.39, 0.29) is 12.1 Å². The molecule has 1 aliphatic rings. The molecule has 0 saturated heterocycles. The number of nitrogen functional groups attached to an aromatic ring is 1. The van der Waals surface area contributed by atoms with Crippen LogP contribution in [0.15, 0.2) is 24.4 Å². The molecule has 21 heavy (non-hydrogen) atoms. The molecular formula is C17H23N3O. The third kappa shape index (κ3) is 2.68. The van der Waals surface area contributed by atoms with Crippen LogP contribution < -0.4 is 11.1 Å². The van der Waals surface area contributed by atoms with E-state index in [1.165, 1.54) is 19.3 Å². The third-order valence-electron chi connectivity index (χ3n) is 4.58. The van der Waals surface area contributed by atoms with Gasteiger partial charge in [0.1, 0.15) is 0 Å². The molecule has 2 aromatic rings. The van der Waals surface area contributed by atoms with Gasteiger partial charge in [0, 0.05) is 34.0 Å². The van der Waals surface area contributed by atoms with Crippen molar-refractivity contribution in [1.82, 2.24) is 4.98 Å². The van der Waals surface area contributed by atoms with Gasteiger partial charge in [-0.15, -0.1) is 0 Å². The number of rotatable bonds is 3. The Labute approximate surface area is 125 Å². The predicted octanol–water partition coefficient (Wildman–Crippen LogP) is 3.23. The fraction of sp³-hybridized carbons (Fsp3) is 0.471. The first kappa shape index (κ1) is 14.1. The molecule has 0 bridgehead atoms. The average Bonchev–Trinajstić information content (AvgIpc) is 2.51. The largest absolute Gasteiger partial charge is 0.398 e. The molecule has 0 radical (unpaired) electrons. The smallest absolute Gasteiger partial charge is 0.0661 e. The van der Waals surface area contributed by atoms with Crippen molar-refractivity contribution in [1.29, 1.82) is 0 Å². The van der Waals surface area contributed by atoms with E-state index in [1.54, 1.807) is 0 Å². The number of aromatic nitrogens is 1. The Balaban J connectivity index is 2.03. The van der Waals surface area contributed by atoms with Crippen molar-refractivity contribution in [3.8, 4) is 0 Å². The summed E-state index contributed by atoms with van der Waals surface area (Å²) in [6, 6.07) is 5.99. The molecule has 0 atom stereocenters. The lowest BCUT2D eigenvalue weighted by Crippen LogP contribution is -2.43. The number of aryl methyl sites for hydroxylation is 1. The molecule has 1 aliphatic carbocycles. The molecule has 1 aromatic heterocycles. The maximum absolute atomic E-state index is 9.88. The highest BCUT2D eigenvalue weighted by Gasteiger charge is 2.31. The summed E-state index contributed by atoms with van der Waals surface area (Å²) in [5.41, 5.74) is 8.61. The number of benzene rings is 1. The lowest BCUT2D eigenvalue weighted by Gasteiger charge is -2.37. The first-order chi connectivity index (χ1) is 10.1. The Bertz CT molecular complexity index is 648. The first-order valence-electron chi connectivity index (χ1n) is 7.67. The van der Waals surface area contributed by atoms with E-state index >= 15 is 0 Å². The SMILES string of the molecule is Cc1cc2c(NC3(CO)CCCCC3)ccc(N)c2cn1. The molecule has 0 aliphatic heterocycles. The van der Waals surface area contributed by atoms with Crippen molar-refractivity contribution in [2.24, 2.45) is 0 Å². The summed E-state index contributed by atoms with van der Waals surface area (Å²) >= 11 is 0. The lowest BCUT2D eigenvalue weighted by molar-refractivity contribution is 0.173. The molecule has 1 fully saturated rings. The summed E-state index contributed by atoms with van der Waals surface area (Å²) in [4.78, 5) is 4.34. The Morgan fingerprint density at radius 3 is 2.71 bits per heavy atom. The number of nitrogens with one attached hydrogen (secondary N) is 1. The van der Waals surface area contributed by atoms with Crippen LogP contribution in [0.4, 0.5) is 11.4 Å². The van der Waals surface area contributed by atoms with Crippen LogP contribution in [-0.4, -0.2) is 22.2 Å². The monoisotopic (exact) mass is 285 g/mol. The van der Waals surface area contributed by atoms with Gasteiger partial charge >= 0.3 is 0 Å². The Kier molecular flexibility index (Phi) is 3.72. The fourth-order valence-electron chi connectivity index (χ4n) is 3.31. The van der Waals surface area contributed by atoms with Crippen molar-refractivity contribution in [3.05, 3.63) is 30.1 Å². The second-order valence-electron chi connectivity index (χ2n) is 6.20. The van der Waals surface area contributed by atoms with Gasteiger partial charge in [-0.05, 0) is 38.0 Å². The Morgan fingerprint density at radius 2 is 2.00 bits per heavy atom. The van der Waals surface area contributed by atoms with Crippen molar-refractivity contribution in [3.63, 3.8) is 0 Å². The first-order valence-corrected chi connectivity index (χ1v) is 7.67. The van der Waals surface area contributed by atoms with Crippen LogP contribution in [0.1, 0.15) is 37.8 Å². The molecule has 0 unspecified atom stereocenters. The fourth-order valence-corrected chi connectivity index (χ4v) is 3.31. The van der Waals surface area contributed by atoms with E-state index in [0.717, 1.165) is 40.7 Å². The van der Waals surface area contributed by atoms with Crippen molar-refractivity contribution < 1.29 is 5.11 Å². The van der Waals surface area contributed by atoms with Gasteiger partial charge in [-0.1, -0.05) is 19.3 Å². The number of fused-ring (bicyclic) bond motifs is 1. The minimum absolute atomic E-state index is 0.170. The number of nitrogens with zero attached hydrogens (tertiary/aromatic N) is 1. The quantitative estimate of drug-likeness (QED) is 0.757. The zero-order valence-electron chi connectivity index (χ0n) is 12.5. The van der Waals surface area contributed by atoms with E-state index in [4.69, 9.17) is 5.73 Å². The van der Waals surface area contributed by atoms with Crippen LogP contribution in [0.25, 0.3) is 10.8 Å². The van der Waals surface area contributed by atoms with Gasteiger partial charge in [-0.2, -0.15) is 0 Å². The number of nitrogens with two attached hydrogens (primary N) is 1. The minimum atomic E-state index is -0.196. The molecule has 0 spiro atoms.